The average Bonchev–Trinajstić information content (AvgIpc) is 2.85. The molecule has 0 saturated carbocycles. The first-order chi connectivity index (χ1) is 18.5. The number of nitriles is 1. The van der Waals surface area contributed by atoms with Gasteiger partial charge in [-0.1, -0.05) is 102 Å². The third kappa shape index (κ3) is 13.5. The average molecular weight is 560 g/mol. The van der Waals surface area contributed by atoms with Gasteiger partial charge < -0.3 is 4.52 Å². The van der Waals surface area contributed by atoms with Crippen molar-refractivity contribution < 1.29 is 4.52 Å². The van der Waals surface area contributed by atoms with Crippen molar-refractivity contribution in [1.82, 2.24) is 9.34 Å². The molecule has 1 aromatic rings. The molecular formula is C34H62N3OP. The van der Waals surface area contributed by atoms with Crippen LogP contribution in [0, 0.1) is 23.2 Å². The third-order valence-electron chi connectivity index (χ3n) is 7.43. The normalized spacial score (nSPS) is 14.1. The molecule has 0 aliphatic heterocycles. The van der Waals surface area contributed by atoms with E-state index in [1.807, 2.05) is 0 Å². The van der Waals surface area contributed by atoms with Gasteiger partial charge in [0.2, 0.25) is 0 Å². The molecule has 0 saturated heterocycles. The van der Waals surface area contributed by atoms with E-state index in [1.54, 1.807) is 0 Å². The number of unbranched alkanes of at least 4 members (excludes halogenated alkanes) is 7. The summed E-state index contributed by atoms with van der Waals surface area (Å²) in [5, 5.41) is 10.4. The monoisotopic (exact) mass is 559 g/mol. The lowest BCUT2D eigenvalue weighted by atomic mass is 9.92. The molecule has 0 amide bonds. The highest BCUT2D eigenvalue weighted by atomic mass is 31.2. The van der Waals surface area contributed by atoms with Gasteiger partial charge in [0, 0.05) is 24.2 Å². The summed E-state index contributed by atoms with van der Waals surface area (Å²) in [5.74, 6) is 0.673. The molecule has 0 bridgehead atoms. The fourth-order valence-electron chi connectivity index (χ4n) is 5.58. The van der Waals surface area contributed by atoms with Crippen LogP contribution in [0.15, 0.2) is 30.3 Å². The van der Waals surface area contributed by atoms with Crippen molar-refractivity contribution >= 4 is 8.45 Å². The van der Waals surface area contributed by atoms with E-state index in [1.165, 1.54) is 51.4 Å². The van der Waals surface area contributed by atoms with E-state index in [9.17, 15) is 5.26 Å². The molecule has 0 fully saturated rings. The van der Waals surface area contributed by atoms with Crippen molar-refractivity contribution in [2.75, 3.05) is 0 Å². The van der Waals surface area contributed by atoms with Crippen LogP contribution in [0.25, 0.3) is 0 Å². The summed E-state index contributed by atoms with van der Waals surface area (Å²) in [4.78, 5) is 0. The van der Waals surface area contributed by atoms with Crippen LogP contribution in [0.4, 0.5) is 0 Å². The number of rotatable bonds is 21. The van der Waals surface area contributed by atoms with Gasteiger partial charge in [-0.15, -0.1) is 0 Å². The molecule has 0 N–H and O–H groups in total. The molecule has 2 unspecified atom stereocenters. The number of hydrogen-bond donors (Lipinski definition) is 0. The maximum atomic E-state index is 10.4. The van der Waals surface area contributed by atoms with Gasteiger partial charge in [0.1, 0.15) is 6.10 Å². The van der Waals surface area contributed by atoms with E-state index in [-0.39, 0.29) is 12.0 Å². The van der Waals surface area contributed by atoms with Gasteiger partial charge in [-0.2, -0.15) is 5.26 Å². The van der Waals surface area contributed by atoms with Gasteiger partial charge in [-0.3, -0.25) is 0 Å². The Morgan fingerprint density at radius 1 is 0.641 bits per heavy atom. The molecule has 0 radical (unpaired) electrons. The van der Waals surface area contributed by atoms with Crippen LogP contribution < -0.4 is 0 Å². The highest BCUT2D eigenvalue weighted by molar-refractivity contribution is 7.47. The maximum absolute atomic E-state index is 10.4. The molecule has 0 aliphatic carbocycles. The topological polar surface area (TPSA) is 39.5 Å². The molecule has 4 nitrogen and oxygen atoms in total. The molecule has 2 atom stereocenters. The van der Waals surface area contributed by atoms with Crippen molar-refractivity contribution in [1.29, 1.82) is 5.26 Å². The summed E-state index contributed by atoms with van der Waals surface area (Å²) < 4.78 is 12.3. The summed E-state index contributed by atoms with van der Waals surface area (Å²) in [5.41, 5.74) is 1.12. The molecule has 224 valence electrons. The number of hydrogen-bond acceptors (Lipinski definition) is 4. The number of benzene rings is 1. The summed E-state index contributed by atoms with van der Waals surface area (Å²) in [6.07, 6.45) is 12.4. The zero-order valence-corrected chi connectivity index (χ0v) is 28.1. The van der Waals surface area contributed by atoms with Crippen LogP contribution in [-0.4, -0.2) is 33.5 Å². The van der Waals surface area contributed by atoms with E-state index < -0.39 is 8.45 Å². The first-order valence-corrected chi connectivity index (χ1v) is 17.2. The summed E-state index contributed by atoms with van der Waals surface area (Å²) in [7, 11) is -1.07. The fourth-order valence-corrected chi connectivity index (χ4v) is 8.09. The Morgan fingerprint density at radius 2 is 1.05 bits per heavy atom. The van der Waals surface area contributed by atoms with Crippen LogP contribution in [0.2, 0.25) is 0 Å². The van der Waals surface area contributed by atoms with Gasteiger partial charge in [-0.05, 0) is 73.3 Å². The molecular weight excluding hydrogens is 497 g/mol. The molecule has 1 aromatic carbocycles. The Labute approximate surface area is 244 Å². The lowest BCUT2D eigenvalue weighted by Gasteiger charge is -2.47. The third-order valence-corrected chi connectivity index (χ3v) is 10.5. The van der Waals surface area contributed by atoms with Crippen LogP contribution in [0.5, 0.6) is 0 Å². The zero-order chi connectivity index (χ0) is 29.4. The summed E-state index contributed by atoms with van der Waals surface area (Å²) in [6.45, 7) is 22.8. The van der Waals surface area contributed by atoms with E-state index in [2.05, 4.69) is 115 Å². The fraction of sp³-hybridized carbons (Fsp3) is 0.794. The van der Waals surface area contributed by atoms with Crippen molar-refractivity contribution in [3.8, 4) is 6.07 Å². The lowest BCUT2D eigenvalue weighted by molar-refractivity contribution is 0.115. The predicted octanol–water partition coefficient (Wildman–Crippen LogP) is 10.9. The second-order valence-electron chi connectivity index (χ2n) is 12.9. The van der Waals surface area contributed by atoms with E-state index in [0.717, 1.165) is 24.3 Å². The zero-order valence-electron chi connectivity index (χ0n) is 27.2. The number of nitrogens with zero attached hydrogens (tertiary/aromatic N) is 3. The quantitative estimate of drug-likeness (QED) is 0.111. The van der Waals surface area contributed by atoms with Crippen LogP contribution >= 0.6 is 8.45 Å². The van der Waals surface area contributed by atoms with Gasteiger partial charge in [0.15, 0.2) is 8.45 Å². The van der Waals surface area contributed by atoms with Gasteiger partial charge in [-0.25, -0.2) is 9.34 Å². The van der Waals surface area contributed by atoms with Crippen molar-refractivity contribution in [3.63, 3.8) is 0 Å². The van der Waals surface area contributed by atoms with Gasteiger partial charge in [0.05, 0.1) is 12.0 Å². The second-order valence-corrected chi connectivity index (χ2v) is 14.5. The van der Waals surface area contributed by atoms with E-state index >= 15 is 0 Å². The van der Waals surface area contributed by atoms with Crippen LogP contribution in [0.3, 0.4) is 0 Å². The minimum Gasteiger partial charge on any atom is -0.322 e. The van der Waals surface area contributed by atoms with Gasteiger partial charge in [0.25, 0.3) is 0 Å². The van der Waals surface area contributed by atoms with E-state index in [4.69, 9.17) is 4.52 Å². The van der Waals surface area contributed by atoms with Crippen molar-refractivity contribution in [2.45, 2.75) is 164 Å². The SMILES string of the molecule is CC(C)CCCCCCCCCCC(C#N)C(OP(N(C(C)C)C(C)C)N(C(C)C)C(C)C)c1ccccc1. The smallest absolute Gasteiger partial charge is 0.189 e. The molecule has 1 rings (SSSR count). The van der Waals surface area contributed by atoms with Crippen molar-refractivity contribution in [2.24, 2.45) is 11.8 Å². The summed E-state index contributed by atoms with van der Waals surface area (Å²) >= 11 is 0. The maximum Gasteiger partial charge on any atom is 0.189 e. The Kier molecular flexibility index (Phi) is 18.5. The lowest BCUT2D eigenvalue weighted by Crippen LogP contribution is -2.43. The van der Waals surface area contributed by atoms with Gasteiger partial charge >= 0.3 is 0 Å². The Bertz CT molecular complexity index is 738. The minimum atomic E-state index is -1.07. The predicted molar refractivity (Wildman–Crippen MR) is 172 cm³/mol. The first-order valence-electron chi connectivity index (χ1n) is 16.0. The van der Waals surface area contributed by atoms with Crippen LogP contribution in [0.1, 0.15) is 145 Å². The second kappa shape index (κ2) is 20.0. The highest BCUT2D eigenvalue weighted by Gasteiger charge is 2.38. The molecule has 0 heterocycles. The highest BCUT2D eigenvalue weighted by Crippen LogP contribution is 2.55. The summed E-state index contributed by atoms with van der Waals surface area (Å²) in [6, 6.07) is 14.6. The standard InChI is InChI=1S/C34H62N3OP/c1-27(2)22-18-15-13-11-12-14-16-19-25-33(26-35)34(32-23-20-17-21-24-32)38-39(36(28(3)4)29(5)6)37(30(7)8)31(9)10/h17,20-21,23-24,27-31,33-34H,11-16,18-19,22,25H2,1-10H3. The Hall–Kier alpha value is -0.980. The minimum absolute atomic E-state index is 0.157. The molecule has 5 heteroatoms. The molecule has 39 heavy (non-hydrogen) atoms. The van der Waals surface area contributed by atoms with Crippen molar-refractivity contribution in [3.05, 3.63) is 35.9 Å². The first kappa shape index (κ1) is 36.0. The molecule has 0 aliphatic rings. The molecule has 0 spiro atoms. The Balaban J connectivity index is 2.97. The Morgan fingerprint density at radius 3 is 1.44 bits per heavy atom. The largest absolute Gasteiger partial charge is 0.322 e. The molecule has 0 aromatic heterocycles. The van der Waals surface area contributed by atoms with Crippen LogP contribution in [-0.2, 0) is 4.52 Å². The van der Waals surface area contributed by atoms with E-state index in [0.29, 0.717) is 24.2 Å².